The molecule has 0 unspecified atom stereocenters. The first kappa shape index (κ1) is 26.7. The number of benzene rings is 2. The summed E-state index contributed by atoms with van der Waals surface area (Å²) in [5.41, 5.74) is 5.85. The summed E-state index contributed by atoms with van der Waals surface area (Å²) in [5.74, 6) is 1.06. The molecule has 182 valence electrons. The Hall–Kier alpha value is -2.54. The number of nitrogens with zero attached hydrogens (tertiary/aromatic N) is 1. The smallest absolute Gasteiger partial charge is 0.232 e. The molecular weight excluding hydrogens is 436 g/mol. The Bertz CT molecular complexity index is 1090. The van der Waals surface area contributed by atoms with Crippen molar-refractivity contribution in [3.05, 3.63) is 58.1 Å². The Morgan fingerprint density at radius 1 is 1.06 bits per heavy atom. The number of aryl methyl sites for hydroxylation is 2. The Labute approximate surface area is 199 Å². The number of hydrogen-bond donors (Lipinski definition) is 1. The van der Waals surface area contributed by atoms with E-state index in [1.54, 1.807) is 7.11 Å². The zero-order valence-corrected chi connectivity index (χ0v) is 22.0. The molecule has 0 aliphatic carbocycles. The van der Waals surface area contributed by atoms with E-state index in [1.165, 1.54) is 10.6 Å². The number of hydrogen-bond acceptors (Lipinski definition) is 4. The number of amides is 1. The van der Waals surface area contributed by atoms with Gasteiger partial charge in [0.05, 0.1) is 25.1 Å². The van der Waals surface area contributed by atoms with Crippen molar-refractivity contribution >= 4 is 21.6 Å². The first-order chi connectivity index (χ1) is 15.4. The van der Waals surface area contributed by atoms with Gasteiger partial charge in [-0.2, -0.15) is 0 Å². The van der Waals surface area contributed by atoms with Gasteiger partial charge in [-0.1, -0.05) is 26.0 Å². The highest BCUT2D eigenvalue weighted by Crippen LogP contribution is 2.32. The maximum Gasteiger partial charge on any atom is 0.232 e. The molecule has 33 heavy (non-hydrogen) atoms. The van der Waals surface area contributed by atoms with Crippen molar-refractivity contribution in [3.8, 4) is 5.75 Å². The van der Waals surface area contributed by atoms with Crippen LogP contribution in [0, 0.1) is 20.8 Å². The first-order valence-corrected chi connectivity index (χ1v) is 13.2. The second kappa shape index (κ2) is 11.1. The van der Waals surface area contributed by atoms with Gasteiger partial charge in [0.1, 0.15) is 5.75 Å². The summed E-state index contributed by atoms with van der Waals surface area (Å²) >= 11 is 0. The molecule has 0 aliphatic rings. The first-order valence-electron chi connectivity index (χ1n) is 11.4. The molecule has 0 saturated carbocycles. The summed E-state index contributed by atoms with van der Waals surface area (Å²) in [6.45, 7) is 12.3. The zero-order valence-electron chi connectivity index (χ0n) is 21.2. The number of anilines is 1. The van der Waals surface area contributed by atoms with Gasteiger partial charge in [-0.05, 0) is 86.1 Å². The summed E-state index contributed by atoms with van der Waals surface area (Å²) in [6.07, 6.45) is 1.88. The van der Waals surface area contributed by atoms with E-state index in [-0.39, 0.29) is 24.9 Å². The number of rotatable bonds is 10. The molecule has 2 aromatic carbocycles. The van der Waals surface area contributed by atoms with Gasteiger partial charge >= 0.3 is 0 Å². The number of carbonyl (C=O) groups is 1. The molecule has 2 rings (SSSR count). The number of sulfonamides is 1. The van der Waals surface area contributed by atoms with Gasteiger partial charge in [-0.25, -0.2) is 8.42 Å². The van der Waals surface area contributed by atoms with Gasteiger partial charge < -0.3 is 10.1 Å². The van der Waals surface area contributed by atoms with E-state index in [0.29, 0.717) is 18.0 Å². The van der Waals surface area contributed by atoms with Crippen LogP contribution in [-0.2, 0) is 14.8 Å². The topological polar surface area (TPSA) is 75.7 Å². The van der Waals surface area contributed by atoms with Crippen LogP contribution in [0.2, 0.25) is 0 Å². The largest absolute Gasteiger partial charge is 0.496 e. The Kier molecular flexibility index (Phi) is 8.95. The molecule has 6 nitrogen and oxygen atoms in total. The lowest BCUT2D eigenvalue weighted by Crippen LogP contribution is -2.33. The minimum absolute atomic E-state index is 0.0989. The maximum absolute atomic E-state index is 12.7. The monoisotopic (exact) mass is 474 g/mol. The predicted molar refractivity (Wildman–Crippen MR) is 136 cm³/mol. The Balaban J connectivity index is 2.07. The summed E-state index contributed by atoms with van der Waals surface area (Å²) in [6, 6.07) is 9.58. The molecule has 0 aliphatic heterocycles. The molecule has 0 radical (unpaired) electrons. The minimum atomic E-state index is -3.46. The molecular formula is C26H38N2O4S. The average molecular weight is 475 g/mol. The van der Waals surface area contributed by atoms with Crippen molar-refractivity contribution < 1.29 is 17.9 Å². The molecule has 2 aromatic rings. The van der Waals surface area contributed by atoms with Crippen molar-refractivity contribution in [3.63, 3.8) is 0 Å². The van der Waals surface area contributed by atoms with Crippen molar-refractivity contribution in [2.45, 2.75) is 66.3 Å². The third-order valence-corrected chi connectivity index (χ3v) is 7.27. The number of methoxy groups -OCH3 is 1. The van der Waals surface area contributed by atoms with Gasteiger partial charge in [0.2, 0.25) is 15.9 Å². The van der Waals surface area contributed by atoms with Gasteiger partial charge in [0.25, 0.3) is 0 Å². The molecule has 0 fully saturated rings. The number of nitrogens with one attached hydrogen (secondary N) is 1. The SMILES string of the molecule is COc1cc(C)c([C@@H](C)NC(=O)CCCN(c2cccc(C)c2C)S(C)(=O)=O)cc1C(C)C. The van der Waals surface area contributed by atoms with Crippen LogP contribution in [0.15, 0.2) is 30.3 Å². The van der Waals surface area contributed by atoms with Crippen LogP contribution in [-0.4, -0.2) is 34.2 Å². The van der Waals surface area contributed by atoms with Crippen LogP contribution < -0.4 is 14.4 Å². The van der Waals surface area contributed by atoms with Crippen molar-refractivity contribution in [1.29, 1.82) is 0 Å². The lowest BCUT2D eigenvalue weighted by atomic mass is 9.93. The van der Waals surface area contributed by atoms with E-state index in [2.05, 4.69) is 25.2 Å². The molecule has 0 saturated heterocycles. The number of carbonyl (C=O) groups excluding carboxylic acids is 1. The fourth-order valence-electron chi connectivity index (χ4n) is 4.06. The van der Waals surface area contributed by atoms with Crippen LogP contribution in [0.4, 0.5) is 5.69 Å². The molecule has 0 aromatic heterocycles. The normalized spacial score (nSPS) is 12.5. The van der Waals surface area contributed by atoms with Crippen LogP contribution >= 0.6 is 0 Å². The lowest BCUT2D eigenvalue weighted by Gasteiger charge is -2.25. The van der Waals surface area contributed by atoms with Crippen molar-refractivity contribution in [2.75, 3.05) is 24.2 Å². The van der Waals surface area contributed by atoms with E-state index >= 15 is 0 Å². The highest BCUT2D eigenvalue weighted by molar-refractivity contribution is 7.92. The second-order valence-electron chi connectivity index (χ2n) is 9.05. The number of ether oxygens (including phenoxy) is 1. The van der Waals surface area contributed by atoms with Gasteiger partial charge in [-0.3, -0.25) is 9.10 Å². The third kappa shape index (κ3) is 6.73. The van der Waals surface area contributed by atoms with E-state index in [4.69, 9.17) is 4.74 Å². The molecule has 7 heteroatoms. The fraction of sp³-hybridized carbons (Fsp3) is 0.500. The molecule has 0 bridgehead atoms. The highest BCUT2D eigenvalue weighted by atomic mass is 32.2. The maximum atomic E-state index is 12.7. The second-order valence-corrected chi connectivity index (χ2v) is 11.0. The van der Waals surface area contributed by atoms with Gasteiger partial charge in [0.15, 0.2) is 0 Å². The van der Waals surface area contributed by atoms with Crippen LogP contribution in [0.1, 0.15) is 73.4 Å². The van der Waals surface area contributed by atoms with E-state index in [9.17, 15) is 13.2 Å². The summed E-state index contributed by atoms with van der Waals surface area (Å²) in [5, 5.41) is 3.07. The minimum Gasteiger partial charge on any atom is -0.496 e. The average Bonchev–Trinajstić information content (AvgIpc) is 2.72. The van der Waals surface area contributed by atoms with Gasteiger partial charge in [0, 0.05) is 13.0 Å². The summed E-state index contributed by atoms with van der Waals surface area (Å²) < 4.78 is 31.8. The lowest BCUT2D eigenvalue weighted by molar-refractivity contribution is -0.121. The Morgan fingerprint density at radius 3 is 2.30 bits per heavy atom. The summed E-state index contributed by atoms with van der Waals surface area (Å²) in [7, 11) is -1.79. The predicted octanol–water partition coefficient (Wildman–Crippen LogP) is 5.17. The van der Waals surface area contributed by atoms with Gasteiger partial charge in [-0.15, -0.1) is 0 Å². The highest BCUT2D eigenvalue weighted by Gasteiger charge is 2.21. The molecule has 0 spiro atoms. The van der Waals surface area contributed by atoms with E-state index < -0.39 is 10.0 Å². The Morgan fingerprint density at radius 2 is 1.73 bits per heavy atom. The van der Waals surface area contributed by atoms with Crippen LogP contribution in [0.5, 0.6) is 5.75 Å². The van der Waals surface area contributed by atoms with Crippen molar-refractivity contribution in [2.24, 2.45) is 0 Å². The zero-order chi connectivity index (χ0) is 24.9. The van der Waals surface area contributed by atoms with E-state index in [1.807, 2.05) is 52.0 Å². The molecule has 1 atom stereocenters. The molecule has 0 heterocycles. The molecule has 1 amide bonds. The standard InChI is InChI=1S/C26H38N2O4S/c1-17(2)22-16-23(19(4)15-25(22)32-7)21(6)27-26(29)13-10-14-28(33(8,30)31)24-12-9-11-18(3)20(24)5/h9,11-12,15-17,21H,10,13-14H2,1-8H3,(H,27,29)/t21-/m1/s1. The van der Waals surface area contributed by atoms with E-state index in [0.717, 1.165) is 33.6 Å². The van der Waals surface area contributed by atoms with Crippen molar-refractivity contribution in [1.82, 2.24) is 5.32 Å². The molecule has 1 N–H and O–H groups in total. The summed E-state index contributed by atoms with van der Waals surface area (Å²) in [4.78, 5) is 12.7. The van der Waals surface area contributed by atoms with Crippen LogP contribution in [0.25, 0.3) is 0 Å². The fourth-order valence-corrected chi connectivity index (χ4v) is 5.07. The quantitative estimate of drug-likeness (QED) is 0.516. The van der Waals surface area contributed by atoms with Crippen LogP contribution in [0.3, 0.4) is 0 Å². The third-order valence-electron chi connectivity index (χ3n) is 6.09.